The molecule has 3 aromatic rings. The van der Waals surface area contributed by atoms with Crippen molar-refractivity contribution in [1.29, 1.82) is 0 Å². The predicted molar refractivity (Wildman–Crippen MR) is 149 cm³/mol. The monoisotopic (exact) mass is 536 g/mol. The summed E-state index contributed by atoms with van der Waals surface area (Å²) in [5.41, 5.74) is 8.34. The second kappa shape index (κ2) is 11.1. The fraction of sp³-hybridized carbons (Fsp3) is 0.429. The third kappa shape index (κ3) is 5.96. The van der Waals surface area contributed by atoms with Gasteiger partial charge in [0.2, 0.25) is 0 Å². The lowest BCUT2D eigenvalue weighted by atomic mass is 9.93. The molecule has 3 atom stereocenters. The average Bonchev–Trinajstić information content (AvgIpc) is 3.21. The highest BCUT2D eigenvalue weighted by Gasteiger charge is 2.33. The molecule has 1 fully saturated rings. The van der Waals surface area contributed by atoms with E-state index < -0.39 is 15.9 Å². The summed E-state index contributed by atoms with van der Waals surface area (Å²) in [6.07, 6.45) is 4.60. The van der Waals surface area contributed by atoms with Crippen LogP contribution in [0.5, 0.6) is 0 Å². The lowest BCUT2D eigenvalue weighted by Gasteiger charge is -2.29. The number of rotatable bonds is 8. The SMILES string of the molecule is CC(C)[C@@H](C)Cc1ccc(-c2ccc(C(=O)NS(=O)(=O)c3cccc(N)n3)c(N3[C@H](C)CC[C@@H]3C)n2)cn1. The molecule has 0 aliphatic carbocycles. The fourth-order valence-corrected chi connectivity index (χ4v) is 5.61. The average molecular weight is 537 g/mol. The molecule has 1 aliphatic rings. The van der Waals surface area contributed by atoms with Crippen LogP contribution in [0.3, 0.4) is 0 Å². The second-order valence-corrected chi connectivity index (χ2v) is 12.2. The number of hydrogen-bond acceptors (Lipinski definition) is 8. The Morgan fingerprint density at radius 1 is 1.05 bits per heavy atom. The highest BCUT2D eigenvalue weighted by atomic mass is 32.2. The molecule has 3 aromatic heterocycles. The topological polar surface area (TPSA) is 131 Å². The standard InChI is InChI=1S/C28H36N6O3S/c1-17(2)18(3)15-22-12-11-21(16-30-22)24-14-13-23(27(31-24)34-19(4)9-10-20(34)5)28(35)33-38(36,37)26-8-6-7-25(29)32-26/h6-8,11-14,16-20H,9-10,15H2,1-5H3,(H2,29,32)(H,33,35)/t18-,19-,20+/m0/s1. The first-order chi connectivity index (χ1) is 18.0. The Kier molecular flexibility index (Phi) is 8.01. The summed E-state index contributed by atoms with van der Waals surface area (Å²) in [6, 6.07) is 11.9. The van der Waals surface area contributed by atoms with Gasteiger partial charge in [-0.3, -0.25) is 9.78 Å². The van der Waals surface area contributed by atoms with Crippen LogP contribution in [-0.4, -0.2) is 41.4 Å². The van der Waals surface area contributed by atoms with Gasteiger partial charge in [0.25, 0.3) is 15.9 Å². The van der Waals surface area contributed by atoms with Gasteiger partial charge in [-0.05, 0) is 81.3 Å². The highest BCUT2D eigenvalue weighted by Crippen LogP contribution is 2.33. The summed E-state index contributed by atoms with van der Waals surface area (Å²) in [4.78, 5) is 28.8. The summed E-state index contributed by atoms with van der Waals surface area (Å²) in [6.45, 7) is 10.8. The lowest BCUT2D eigenvalue weighted by molar-refractivity contribution is 0.0981. The van der Waals surface area contributed by atoms with Crippen LogP contribution in [0.15, 0.2) is 53.7 Å². The van der Waals surface area contributed by atoms with Crippen LogP contribution in [0.2, 0.25) is 0 Å². The van der Waals surface area contributed by atoms with Crippen LogP contribution in [0.25, 0.3) is 11.3 Å². The second-order valence-electron chi connectivity index (χ2n) is 10.5. The zero-order valence-corrected chi connectivity index (χ0v) is 23.4. The van der Waals surface area contributed by atoms with Gasteiger partial charge >= 0.3 is 0 Å². The minimum absolute atomic E-state index is 0.0463. The number of carbonyl (C=O) groups excluding carboxylic acids is 1. The van der Waals surface area contributed by atoms with Crippen LogP contribution in [0, 0.1) is 11.8 Å². The van der Waals surface area contributed by atoms with Crippen molar-refractivity contribution in [3.63, 3.8) is 0 Å². The Morgan fingerprint density at radius 3 is 2.37 bits per heavy atom. The number of nitrogens with two attached hydrogens (primary N) is 1. The third-order valence-corrected chi connectivity index (χ3v) is 8.59. The zero-order chi connectivity index (χ0) is 27.6. The molecule has 4 rings (SSSR count). The first-order valence-corrected chi connectivity index (χ1v) is 14.5. The van der Waals surface area contributed by atoms with Gasteiger partial charge in [0, 0.05) is 29.5 Å². The quantitative estimate of drug-likeness (QED) is 0.432. The maximum atomic E-state index is 13.3. The molecule has 1 saturated heterocycles. The van der Waals surface area contributed by atoms with Gasteiger partial charge < -0.3 is 10.6 Å². The Hall–Kier alpha value is -3.53. The first-order valence-electron chi connectivity index (χ1n) is 13.0. The van der Waals surface area contributed by atoms with E-state index in [-0.39, 0.29) is 28.5 Å². The summed E-state index contributed by atoms with van der Waals surface area (Å²) in [7, 11) is -4.23. The van der Waals surface area contributed by atoms with Crippen LogP contribution < -0.4 is 15.4 Å². The summed E-state index contributed by atoms with van der Waals surface area (Å²) >= 11 is 0. The minimum atomic E-state index is -4.23. The molecule has 4 heterocycles. The van der Waals surface area contributed by atoms with Crippen molar-refractivity contribution in [2.45, 2.75) is 71.0 Å². The Labute approximate surface area is 225 Å². The maximum absolute atomic E-state index is 13.3. The molecule has 0 unspecified atom stereocenters. The molecule has 38 heavy (non-hydrogen) atoms. The van der Waals surface area contributed by atoms with Crippen molar-refractivity contribution in [1.82, 2.24) is 19.7 Å². The predicted octanol–water partition coefficient (Wildman–Crippen LogP) is 4.45. The summed E-state index contributed by atoms with van der Waals surface area (Å²) in [5.74, 6) is 0.817. The smallest absolute Gasteiger partial charge is 0.281 e. The Balaban J connectivity index is 1.68. The molecule has 9 nitrogen and oxygen atoms in total. The third-order valence-electron chi connectivity index (χ3n) is 7.35. The summed E-state index contributed by atoms with van der Waals surface area (Å²) < 4.78 is 27.9. The van der Waals surface area contributed by atoms with Gasteiger partial charge in [-0.15, -0.1) is 0 Å². The zero-order valence-electron chi connectivity index (χ0n) is 22.5. The van der Waals surface area contributed by atoms with Gasteiger partial charge in [-0.2, -0.15) is 8.42 Å². The number of aromatic nitrogens is 3. The fourth-order valence-electron chi connectivity index (χ4n) is 4.67. The minimum Gasteiger partial charge on any atom is -0.384 e. The van der Waals surface area contributed by atoms with Crippen LogP contribution >= 0.6 is 0 Å². The van der Waals surface area contributed by atoms with E-state index in [0.717, 1.165) is 30.5 Å². The van der Waals surface area contributed by atoms with E-state index in [2.05, 4.69) is 54.2 Å². The molecule has 202 valence electrons. The van der Waals surface area contributed by atoms with Crippen molar-refractivity contribution in [3.8, 4) is 11.3 Å². The van der Waals surface area contributed by atoms with E-state index in [1.165, 1.54) is 18.2 Å². The molecule has 0 spiro atoms. The highest BCUT2D eigenvalue weighted by molar-refractivity contribution is 7.90. The molecule has 0 radical (unpaired) electrons. The van der Waals surface area contributed by atoms with Crippen molar-refractivity contribution in [2.75, 3.05) is 10.6 Å². The normalized spacial score (nSPS) is 18.5. The molecular weight excluding hydrogens is 500 g/mol. The summed E-state index contributed by atoms with van der Waals surface area (Å²) in [5, 5.41) is -0.321. The molecule has 0 saturated carbocycles. The number of hydrogen-bond donors (Lipinski definition) is 2. The molecule has 0 aromatic carbocycles. The van der Waals surface area contributed by atoms with Crippen LogP contribution in [0.4, 0.5) is 11.6 Å². The van der Waals surface area contributed by atoms with E-state index in [9.17, 15) is 13.2 Å². The van der Waals surface area contributed by atoms with Crippen LogP contribution in [0.1, 0.15) is 63.5 Å². The number of nitrogens with one attached hydrogen (secondary N) is 1. The molecule has 3 N–H and O–H groups in total. The van der Waals surface area contributed by atoms with E-state index in [0.29, 0.717) is 23.3 Å². The van der Waals surface area contributed by atoms with E-state index in [4.69, 9.17) is 10.7 Å². The number of nitrogens with zero attached hydrogens (tertiary/aromatic N) is 4. The van der Waals surface area contributed by atoms with E-state index >= 15 is 0 Å². The number of pyridine rings is 3. The van der Waals surface area contributed by atoms with Crippen LogP contribution in [-0.2, 0) is 16.4 Å². The number of nitrogen functional groups attached to an aromatic ring is 1. The largest absolute Gasteiger partial charge is 0.384 e. The molecule has 10 heteroatoms. The Morgan fingerprint density at radius 2 is 1.76 bits per heavy atom. The number of amides is 1. The molecule has 1 aliphatic heterocycles. The number of carbonyl (C=O) groups is 1. The van der Waals surface area contributed by atoms with Gasteiger partial charge in [0.15, 0.2) is 5.03 Å². The molecule has 0 bridgehead atoms. The Bertz CT molecular complexity index is 1400. The van der Waals surface area contributed by atoms with E-state index in [1.54, 1.807) is 18.3 Å². The van der Waals surface area contributed by atoms with Crippen molar-refractivity contribution >= 4 is 27.6 Å². The van der Waals surface area contributed by atoms with Crippen molar-refractivity contribution in [3.05, 3.63) is 59.9 Å². The van der Waals surface area contributed by atoms with E-state index in [1.807, 2.05) is 12.1 Å². The van der Waals surface area contributed by atoms with Gasteiger partial charge in [-0.25, -0.2) is 14.7 Å². The molecule has 1 amide bonds. The van der Waals surface area contributed by atoms with Crippen molar-refractivity contribution < 1.29 is 13.2 Å². The first kappa shape index (κ1) is 27.5. The van der Waals surface area contributed by atoms with Gasteiger partial charge in [-0.1, -0.05) is 26.8 Å². The number of anilines is 2. The van der Waals surface area contributed by atoms with Crippen molar-refractivity contribution in [2.24, 2.45) is 11.8 Å². The maximum Gasteiger partial charge on any atom is 0.281 e. The number of sulfonamides is 1. The molecular formula is C28H36N6O3S. The van der Waals surface area contributed by atoms with Gasteiger partial charge in [0.05, 0.1) is 11.3 Å². The lowest BCUT2D eigenvalue weighted by Crippen LogP contribution is -2.37. The van der Waals surface area contributed by atoms with Gasteiger partial charge in [0.1, 0.15) is 11.6 Å².